The van der Waals surface area contributed by atoms with E-state index in [2.05, 4.69) is 26.5 Å². The standard InChI is InChI=1S/C23H21BrN4O5S/c24-18-8-10-19(11-9-18)28(34(31,32)21-4-2-1-3-5-21)15-23(30)27-26-14-17-6-12-20(13-7-17)33-16-22(25)29/h1-14H,15-16H2,(H2,25,29)(H,27,30)/b26-14-. The Hall–Kier alpha value is -3.70. The van der Waals surface area contributed by atoms with Crippen molar-refractivity contribution in [2.75, 3.05) is 17.5 Å². The number of nitrogens with one attached hydrogen (secondary N) is 1. The van der Waals surface area contributed by atoms with Gasteiger partial charge in [0.05, 0.1) is 16.8 Å². The average molecular weight is 545 g/mol. The van der Waals surface area contributed by atoms with Gasteiger partial charge in [0, 0.05) is 4.47 Å². The fourth-order valence-electron chi connectivity index (χ4n) is 2.79. The third kappa shape index (κ3) is 6.90. The van der Waals surface area contributed by atoms with Gasteiger partial charge in [-0.25, -0.2) is 13.8 Å². The molecule has 0 bridgehead atoms. The Kier molecular flexibility index (Phi) is 8.39. The van der Waals surface area contributed by atoms with E-state index in [-0.39, 0.29) is 11.5 Å². The maximum atomic E-state index is 13.2. The molecule has 3 aromatic rings. The van der Waals surface area contributed by atoms with Crippen LogP contribution in [0.2, 0.25) is 0 Å². The number of halogens is 1. The topological polar surface area (TPSA) is 131 Å². The lowest BCUT2D eigenvalue weighted by atomic mass is 10.2. The van der Waals surface area contributed by atoms with Crippen molar-refractivity contribution in [2.45, 2.75) is 4.90 Å². The van der Waals surface area contributed by atoms with Crippen molar-refractivity contribution in [3.05, 3.63) is 88.9 Å². The highest BCUT2D eigenvalue weighted by molar-refractivity contribution is 9.10. The van der Waals surface area contributed by atoms with E-state index >= 15 is 0 Å². The second kappa shape index (κ2) is 11.4. The average Bonchev–Trinajstić information content (AvgIpc) is 2.83. The monoisotopic (exact) mass is 544 g/mol. The highest BCUT2D eigenvalue weighted by Gasteiger charge is 2.27. The van der Waals surface area contributed by atoms with Crippen molar-refractivity contribution < 1.29 is 22.7 Å². The highest BCUT2D eigenvalue weighted by atomic mass is 79.9. The van der Waals surface area contributed by atoms with Gasteiger partial charge in [0.2, 0.25) is 0 Å². The van der Waals surface area contributed by atoms with Gasteiger partial charge in [-0.2, -0.15) is 5.10 Å². The number of hydrogen-bond acceptors (Lipinski definition) is 6. The van der Waals surface area contributed by atoms with Gasteiger partial charge in [-0.05, 0) is 66.2 Å². The Morgan fingerprint density at radius 2 is 1.65 bits per heavy atom. The SMILES string of the molecule is NC(=O)COc1ccc(/C=N\NC(=O)CN(c2ccc(Br)cc2)S(=O)(=O)c2ccccc2)cc1. The van der Waals surface area contributed by atoms with Gasteiger partial charge in [0.15, 0.2) is 6.61 Å². The number of hydrogen-bond donors (Lipinski definition) is 2. The third-order valence-corrected chi connectivity index (χ3v) is 6.71. The molecule has 0 radical (unpaired) electrons. The molecule has 0 aliphatic heterocycles. The number of benzene rings is 3. The van der Waals surface area contributed by atoms with Gasteiger partial charge in [0.1, 0.15) is 12.3 Å². The number of ether oxygens (including phenoxy) is 1. The first-order valence-corrected chi connectivity index (χ1v) is 12.2. The molecular weight excluding hydrogens is 524 g/mol. The Morgan fingerprint density at radius 1 is 1.00 bits per heavy atom. The molecular formula is C23H21BrN4O5S. The molecule has 0 saturated heterocycles. The third-order valence-electron chi connectivity index (χ3n) is 4.40. The fourth-order valence-corrected chi connectivity index (χ4v) is 4.50. The Bertz CT molecular complexity index is 1260. The second-order valence-corrected chi connectivity index (χ2v) is 9.70. The van der Waals surface area contributed by atoms with E-state index in [0.717, 1.165) is 8.78 Å². The smallest absolute Gasteiger partial charge is 0.264 e. The molecule has 0 aliphatic rings. The number of sulfonamides is 1. The molecule has 3 aromatic carbocycles. The molecule has 11 heteroatoms. The number of nitrogens with zero attached hydrogens (tertiary/aromatic N) is 2. The molecule has 0 spiro atoms. The lowest BCUT2D eigenvalue weighted by molar-refractivity contribution is -0.120. The zero-order chi connectivity index (χ0) is 24.6. The summed E-state index contributed by atoms with van der Waals surface area (Å²) < 4.78 is 33.4. The molecule has 0 atom stereocenters. The molecule has 0 unspecified atom stereocenters. The van der Waals surface area contributed by atoms with E-state index in [1.54, 1.807) is 66.7 Å². The molecule has 0 saturated carbocycles. The Balaban J connectivity index is 1.71. The summed E-state index contributed by atoms with van der Waals surface area (Å²) in [7, 11) is -4.00. The van der Waals surface area contributed by atoms with Crippen molar-refractivity contribution >= 4 is 49.7 Å². The molecule has 2 amide bonds. The van der Waals surface area contributed by atoms with Crippen molar-refractivity contribution in [2.24, 2.45) is 10.8 Å². The summed E-state index contributed by atoms with van der Waals surface area (Å²) in [6.07, 6.45) is 1.39. The van der Waals surface area contributed by atoms with Crippen LogP contribution in [0.5, 0.6) is 5.75 Å². The summed E-state index contributed by atoms with van der Waals surface area (Å²) in [5, 5.41) is 3.89. The zero-order valence-corrected chi connectivity index (χ0v) is 20.2. The normalized spacial score (nSPS) is 11.2. The molecule has 3 N–H and O–H groups in total. The first-order valence-electron chi connectivity index (χ1n) is 9.92. The van der Waals surface area contributed by atoms with Crippen molar-refractivity contribution in [1.82, 2.24) is 5.43 Å². The minimum Gasteiger partial charge on any atom is -0.484 e. The van der Waals surface area contributed by atoms with Gasteiger partial charge >= 0.3 is 0 Å². The summed E-state index contributed by atoms with van der Waals surface area (Å²) in [6.45, 7) is -0.708. The second-order valence-electron chi connectivity index (χ2n) is 6.92. The summed E-state index contributed by atoms with van der Waals surface area (Å²) >= 11 is 3.32. The zero-order valence-electron chi connectivity index (χ0n) is 17.8. The van der Waals surface area contributed by atoms with E-state index in [4.69, 9.17) is 10.5 Å². The van der Waals surface area contributed by atoms with E-state index in [0.29, 0.717) is 17.0 Å². The number of primary amides is 1. The van der Waals surface area contributed by atoms with Crippen LogP contribution in [0, 0.1) is 0 Å². The van der Waals surface area contributed by atoms with Crippen LogP contribution in [0.3, 0.4) is 0 Å². The summed E-state index contributed by atoms with van der Waals surface area (Å²) in [6, 6.07) is 21.0. The molecule has 0 heterocycles. The van der Waals surface area contributed by atoms with E-state index < -0.39 is 28.4 Å². The van der Waals surface area contributed by atoms with E-state index in [1.807, 2.05) is 0 Å². The number of rotatable bonds is 10. The maximum Gasteiger partial charge on any atom is 0.264 e. The van der Waals surface area contributed by atoms with Crippen LogP contribution in [0.1, 0.15) is 5.56 Å². The molecule has 0 aromatic heterocycles. The Labute approximate surface area is 205 Å². The fraction of sp³-hybridized carbons (Fsp3) is 0.0870. The van der Waals surface area contributed by atoms with E-state index in [9.17, 15) is 18.0 Å². The number of hydrazone groups is 1. The lowest BCUT2D eigenvalue weighted by Crippen LogP contribution is -2.39. The van der Waals surface area contributed by atoms with Crippen LogP contribution in [-0.2, 0) is 19.6 Å². The van der Waals surface area contributed by atoms with Crippen LogP contribution < -0.4 is 20.2 Å². The summed E-state index contributed by atoms with van der Waals surface area (Å²) in [5.41, 5.74) is 8.36. The molecule has 34 heavy (non-hydrogen) atoms. The van der Waals surface area contributed by atoms with Crippen LogP contribution in [0.15, 0.2) is 93.3 Å². The van der Waals surface area contributed by atoms with Gasteiger partial charge in [-0.15, -0.1) is 0 Å². The number of anilines is 1. The predicted octanol–water partition coefficient (Wildman–Crippen LogP) is 2.66. The number of amides is 2. The molecule has 3 rings (SSSR count). The van der Waals surface area contributed by atoms with Crippen LogP contribution in [0.4, 0.5) is 5.69 Å². The van der Waals surface area contributed by atoms with Gasteiger partial charge < -0.3 is 10.5 Å². The van der Waals surface area contributed by atoms with Crippen LogP contribution in [0.25, 0.3) is 0 Å². The molecule has 0 fully saturated rings. The minimum atomic E-state index is -4.00. The first kappa shape index (κ1) is 24.9. The minimum absolute atomic E-state index is 0.0628. The number of carbonyl (C=O) groups excluding carboxylic acids is 2. The first-order chi connectivity index (χ1) is 16.3. The largest absolute Gasteiger partial charge is 0.484 e. The quantitative estimate of drug-likeness (QED) is 0.299. The maximum absolute atomic E-state index is 13.2. The summed E-state index contributed by atoms with van der Waals surface area (Å²) in [5.74, 6) is -0.754. The van der Waals surface area contributed by atoms with E-state index in [1.165, 1.54) is 18.3 Å². The van der Waals surface area contributed by atoms with Gasteiger partial charge in [0.25, 0.3) is 21.8 Å². The predicted molar refractivity (Wildman–Crippen MR) is 132 cm³/mol. The Morgan fingerprint density at radius 3 is 2.26 bits per heavy atom. The lowest BCUT2D eigenvalue weighted by Gasteiger charge is -2.23. The van der Waals surface area contributed by atoms with Crippen molar-refractivity contribution in [3.63, 3.8) is 0 Å². The number of nitrogens with two attached hydrogens (primary N) is 1. The highest BCUT2D eigenvalue weighted by Crippen LogP contribution is 2.25. The molecule has 9 nitrogen and oxygen atoms in total. The molecule has 176 valence electrons. The summed E-state index contributed by atoms with van der Waals surface area (Å²) in [4.78, 5) is 23.4. The number of carbonyl (C=O) groups is 2. The van der Waals surface area contributed by atoms with Crippen molar-refractivity contribution in [1.29, 1.82) is 0 Å². The van der Waals surface area contributed by atoms with Crippen LogP contribution in [-0.4, -0.2) is 39.6 Å². The molecule has 0 aliphatic carbocycles. The van der Waals surface area contributed by atoms with Gasteiger partial charge in [-0.1, -0.05) is 34.1 Å². The van der Waals surface area contributed by atoms with Gasteiger partial charge in [-0.3, -0.25) is 13.9 Å². The van der Waals surface area contributed by atoms with Crippen LogP contribution >= 0.6 is 15.9 Å². The van der Waals surface area contributed by atoms with Crippen molar-refractivity contribution in [3.8, 4) is 5.75 Å².